The summed E-state index contributed by atoms with van der Waals surface area (Å²) in [5.41, 5.74) is 0.798. The molecule has 2 aromatic rings. The number of para-hydroxylation sites is 2. The van der Waals surface area contributed by atoms with Crippen molar-refractivity contribution in [3.63, 3.8) is 0 Å². The van der Waals surface area contributed by atoms with Gasteiger partial charge in [-0.05, 0) is 25.0 Å². The van der Waals surface area contributed by atoms with E-state index in [2.05, 4.69) is 5.32 Å². The molecule has 8 nitrogen and oxygen atoms in total. The van der Waals surface area contributed by atoms with Gasteiger partial charge in [0.05, 0.1) is 23.8 Å². The van der Waals surface area contributed by atoms with Gasteiger partial charge in [-0.2, -0.15) is 0 Å². The quantitative estimate of drug-likeness (QED) is 0.799. The number of amides is 2. The molecule has 4 atom stereocenters. The normalized spacial score (nSPS) is 29.7. The Kier molecular flexibility index (Phi) is 4.50. The van der Waals surface area contributed by atoms with Crippen LogP contribution in [0.1, 0.15) is 26.7 Å². The SMILES string of the molecule is CC(C)C(=O)NC[C@H]1[C@H]2CN(C(=O)Cn3c(=O)oc4ccccc43)C[C@]23CC[C@H]1O3. The third kappa shape index (κ3) is 2.96. The molecule has 1 aromatic heterocycles. The molecular weight excluding hydrogens is 386 g/mol. The topological polar surface area (TPSA) is 93.8 Å². The summed E-state index contributed by atoms with van der Waals surface area (Å²) in [6, 6.07) is 7.12. The van der Waals surface area contributed by atoms with Crippen molar-refractivity contribution in [3.05, 3.63) is 34.8 Å². The van der Waals surface area contributed by atoms with E-state index in [1.54, 1.807) is 18.2 Å². The molecule has 8 heteroatoms. The number of oxazole rings is 1. The van der Waals surface area contributed by atoms with Crippen molar-refractivity contribution in [1.29, 1.82) is 0 Å². The largest absolute Gasteiger partial charge is 0.420 e. The highest BCUT2D eigenvalue weighted by atomic mass is 16.5. The number of likely N-dealkylation sites (tertiary alicyclic amines) is 1. The van der Waals surface area contributed by atoms with Crippen LogP contribution in [0.15, 0.2) is 33.5 Å². The number of rotatable bonds is 5. The summed E-state index contributed by atoms with van der Waals surface area (Å²) < 4.78 is 13.0. The van der Waals surface area contributed by atoms with Crippen LogP contribution in [-0.4, -0.2) is 52.6 Å². The van der Waals surface area contributed by atoms with Gasteiger partial charge in [0.15, 0.2) is 5.58 Å². The van der Waals surface area contributed by atoms with E-state index < -0.39 is 5.76 Å². The molecule has 160 valence electrons. The van der Waals surface area contributed by atoms with E-state index >= 15 is 0 Å². The van der Waals surface area contributed by atoms with Gasteiger partial charge in [0.2, 0.25) is 11.8 Å². The summed E-state index contributed by atoms with van der Waals surface area (Å²) in [5, 5.41) is 3.05. The monoisotopic (exact) mass is 413 g/mol. The Labute approximate surface area is 174 Å². The van der Waals surface area contributed by atoms with Crippen LogP contribution in [0.2, 0.25) is 0 Å². The van der Waals surface area contributed by atoms with E-state index in [0.717, 1.165) is 12.8 Å². The van der Waals surface area contributed by atoms with Crippen LogP contribution in [0, 0.1) is 17.8 Å². The van der Waals surface area contributed by atoms with Gasteiger partial charge in [-0.1, -0.05) is 26.0 Å². The van der Waals surface area contributed by atoms with Gasteiger partial charge < -0.3 is 19.4 Å². The van der Waals surface area contributed by atoms with Gasteiger partial charge in [-0.3, -0.25) is 14.2 Å². The zero-order valence-electron chi connectivity index (χ0n) is 17.3. The van der Waals surface area contributed by atoms with E-state index in [-0.39, 0.29) is 47.8 Å². The molecule has 0 unspecified atom stereocenters. The van der Waals surface area contributed by atoms with E-state index in [1.165, 1.54) is 4.57 Å². The first-order valence-corrected chi connectivity index (χ1v) is 10.7. The van der Waals surface area contributed by atoms with Crippen LogP contribution in [0.5, 0.6) is 0 Å². The molecule has 0 aliphatic carbocycles. The first-order valence-electron chi connectivity index (χ1n) is 10.7. The number of hydrogen-bond donors (Lipinski definition) is 1. The number of fused-ring (bicyclic) bond motifs is 2. The lowest BCUT2D eigenvalue weighted by Crippen LogP contribution is -2.42. The van der Waals surface area contributed by atoms with E-state index in [9.17, 15) is 14.4 Å². The van der Waals surface area contributed by atoms with Crippen molar-refractivity contribution in [2.45, 2.75) is 44.9 Å². The van der Waals surface area contributed by atoms with E-state index in [1.807, 2.05) is 24.8 Å². The fourth-order valence-corrected chi connectivity index (χ4v) is 5.48. The minimum absolute atomic E-state index is 0.0448. The molecule has 3 aliphatic rings. The van der Waals surface area contributed by atoms with Crippen molar-refractivity contribution in [2.24, 2.45) is 17.8 Å². The van der Waals surface area contributed by atoms with Gasteiger partial charge >= 0.3 is 5.76 Å². The molecular formula is C22H27N3O5. The molecule has 0 radical (unpaired) electrons. The summed E-state index contributed by atoms with van der Waals surface area (Å²) in [6.07, 6.45) is 2.06. The molecule has 5 rings (SSSR count). The maximum absolute atomic E-state index is 13.1. The van der Waals surface area contributed by atoms with Crippen LogP contribution in [0.3, 0.4) is 0 Å². The third-order valence-corrected chi connectivity index (χ3v) is 7.04. The molecule has 0 saturated carbocycles. The van der Waals surface area contributed by atoms with Crippen molar-refractivity contribution >= 4 is 22.9 Å². The number of aromatic nitrogens is 1. The molecule has 2 amide bonds. The smallest absolute Gasteiger partial charge is 0.408 e. The highest BCUT2D eigenvalue weighted by Crippen LogP contribution is 2.54. The average molecular weight is 413 g/mol. The van der Waals surface area contributed by atoms with Gasteiger partial charge in [-0.25, -0.2) is 4.79 Å². The van der Waals surface area contributed by atoms with Crippen LogP contribution < -0.4 is 11.1 Å². The predicted molar refractivity (Wildman–Crippen MR) is 109 cm³/mol. The summed E-state index contributed by atoms with van der Waals surface area (Å²) >= 11 is 0. The first-order chi connectivity index (χ1) is 14.4. The Balaban J connectivity index is 1.31. The highest BCUT2D eigenvalue weighted by Gasteiger charge is 2.63. The molecule has 4 heterocycles. The maximum Gasteiger partial charge on any atom is 0.420 e. The molecule has 30 heavy (non-hydrogen) atoms. The number of nitrogens with one attached hydrogen (secondary N) is 1. The molecule has 3 aliphatic heterocycles. The van der Waals surface area contributed by atoms with Gasteiger partial charge in [-0.15, -0.1) is 0 Å². The fourth-order valence-electron chi connectivity index (χ4n) is 5.48. The molecule has 1 spiro atoms. The standard InChI is InChI=1S/C22H27N3O5/c1-13(2)20(27)23-9-14-15-10-24(12-22(15)8-7-17(14)30-22)19(26)11-25-16-5-3-4-6-18(16)29-21(25)28/h3-6,13-15,17H,7-12H2,1-2H3,(H,23,27)/t14-,15+,17+,22+/m0/s1. The number of nitrogens with zero attached hydrogens (tertiary/aromatic N) is 2. The molecule has 1 aromatic carbocycles. The minimum atomic E-state index is -0.520. The van der Waals surface area contributed by atoms with E-state index in [0.29, 0.717) is 30.7 Å². The molecule has 1 N–H and O–H groups in total. The average Bonchev–Trinajstić information content (AvgIpc) is 3.45. The molecule has 3 saturated heterocycles. The summed E-state index contributed by atoms with van der Waals surface area (Å²) in [5.74, 6) is -0.201. The summed E-state index contributed by atoms with van der Waals surface area (Å²) in [4.78, 5) is 39.1. The van der Waals surface area contributed by atoms with Crippen molar-refractivity contribution in [2.75, 3.05) is 19.6 Å². The van der Waals surface area contributed by atoms with Crippen molar-refractivity contribution in [3.8, 4) is 0 Å². The zero-order chi connectivity index (χ0) is 21.0. The Hall–Kier alpha value is -2.61. The van der Waals surface area contributed by atoms with Gasteiger partial charge in [0.1, 0.15) is 6.54 Å². The molecule has 3 fully saturated rings. The number of hydrogen-bond acceptors (Lipinski definition) is 5. The number of benzene rings is 1. The summed E-state index contributed by atoms with van der Waals surface area (Å²) in [7, 11) is 0. The highest BCUT2D eigenvalue weighted by molar-refractivity contribution is 5.80. The lowest BCUT2D eigenvalue weighted by molar-refractivity contribution is -0.132. The van der Waals surface area contributed by atoms with Crippen LogP contribution in [-0.2, 0) is 20.9 Å². The second-order valence-corrected chi connectivity index (χ2v) is 9.13. The lowest BCUT2D eigenvalue weighted by atomic mass is 9.73. The second-order valence-electron chi connectivity index (χ2n) is 9.13. The van der Waals surface area contributed by atoms with Crippen LogP contribution in [0.25, 0.3) is 11.1 Å². The first kappa shape index (κ1) is 19.4. The van der Waals surface area contributed by atoms with E-state index in [4.69, 9.17) is 9.15 Å². The molecule has 2 bridgehead atoms. The third-order valence-electron chi connectivity index (χ3n) is 7.04. The predicted octanol–water partition coefficient (Wildman–Crippen LogP) is 1.37. The number of carbonyl (C=O) groups is 2. The van der Waals surface area contributed by atoms with Crippen LogP contribution in [0.4, 0.5) is 0 Å². The van der Waals surface area contributed by atoms with Crippen molar-refractivity contribution < 1.29 is 18.7 Å². The number of ether oxygens (including phenoxy) is 1. The van der Waals surface area contributed by atoms with Gasteiger partial charge in [0, 0.05) is 30.8 Å². The maximum atomic E-state index is 13.1. The Morgan fingerprint density at radius 1 is 1.30 bits per heavy atom. The number of carbonyl (C=O) groups excluding carboxylic acids is 2. The van der Waals surface area contributed by atoms with Crippen molar-refractivity contribution in [1.82, 2.24) is 14.8 Å². The lowest BCUT2D eigenvalue weighted by Gasteiger charge is -2.29. The summed E-state index contributed by atoms with van der Waals surface area (Å²) in [6.45, 7) is 5.45. The Bertz CT molecular complexity index is 1060. The van der Waals surface area contributed by atoms with Gasteiger partial charge in [0.25, 0.3) is 0 Å². The Morgan fingerprint density at radius 3 is 2.90 bits per heavy atom. The Morgan fingerprint density at radius 2 is 2.10 bits per heavy atom. The minimum Gasteiger partial charge on any atom is -0.408 e. The fraction of sp³-hybridized carbons (Fsp3) is 0.591. The van der Waals surface area contributed by atoms with Crippen LogP contribution >= 0.6 is 0 Å². The second kappa shape index (κ2) is 6.97. The zero-order valence-corrected chi connectivity index (χ0v) is 17.3.